The molecule has 0 bridgehead atoms. The fourth-order valence-electron chi connectivity index (χ4n) is 4.18. The number of hydrogen-bond acceptors (Lipinski definition) is 4. The van der Waals surface area contributed by atoms with E-state index in [1.165, 1.54) is 0 Å². The molecule has 0 saturated carbocycles. The van der Waals surface area contributed by atoms with Gasteiger partial charge in [-0.1, -0.05) is 24.3 Å². The lowest BCUT2D eigenvalue weighted by atomic mass is 10.0. The van der Waals surface area contributed by atoms with Crippen molar-refractivity contribution in [2.45, 2.75) is 19.4 Å². The molecule has 4 rings (SSSR count). The number of pyridine rings is 1. The predicted molar refractivity (Wildman–Crippen MR) is 109 cm³/mol. The first-order chi connectivity index (χ1) is 13.6. The molecule has 1 aromatic carbocycles. The van der Waals surface area contributed by atoms with Gasteiger partial charge in [0.15, 0.2) is 0 Å². The molecule has 1 saturated heterocycles. The second kappa shape index (κ2) is 8.12. The van der Waals surface area contributed by atoms with E-state index in [4.69, 9.17) is 0 Å². The van der Waals surface area contributed by atoms with Crippen LogP contribution >= 0.6 is 0 Å². The Kier molecular flexibility index (Phi) is 5.41. The number of piperazine rings is 1. The summed E-state index contributed by atoms with van der Waals surface area (Å²) in [5.74, 6) is -0.783. The monoisotopic (exact) mass is 378 g/mol. The molecule has 1 aliphatic rings. The van der Waals surface area contributed by atoms with Crippen LogP contribution < -0.4 is 0 Å². The van der Waals surface area contributed by atoms with Gasteiger partial charge in [-0.15, -0.1) is 0 Å². The molecule has 146 valence electrons. The fourth-order valence-corrected chi connectivity index (χ4v) is 4.18. The standard InChI is InChI=1S/C22H26N4O2/c1-16-20(18-7-2-3-8-19(18)24-16)21(22(27)28)26-14-12-25(13-15-26)11-9-17-6-4-5-10-23-17/h2-8,10,21,24H,9,11-15H2,1H3,(H,27,28)/t21-/m0/s1. The Morgan fingerprint density at radius 3 is 2.61 bits per heavy atom. The number of aryl methyl sites for hydroxylation is 1. The summed E-state index contributed by atoms with van der Waals surface area (Å²) in [6.07, 6.45) is 2.75. The van der Waals surface area contributed by atoms with E-state index in [2.05, 4.69) is 25.8 Å². The average Bonchev–Trinajstić information content (AvgIpc) is 3.04. The van der Waals surface area contributed by atoms with Crippen molar-refractivity contribution in [2.75, 3.05) is 32.7 Å². The van der Waals surface area contributed by atoms with Crippen molar-refractivity contribution < 1.29 is 9.90 Å². The Morgan fingerprint density at radius 1 is 1.14 bits per heavy atom. The number of hydrogen-bond donors (Lipinski definition) is 2. The summed E-state index contributed by atoms with van der Waals surface area (Å²) in [5, 5.41) is 11.0. The van der Waals surface area contributed by atoms with Gasteiger partial charge in [0, 0.05) is 73.2 Å². The highest BCUT2D eigenvalue weighted by Crippen LogP contribution is 2.32. The summed E-state index contributed by atoms with van der Waals surface area (Å²) < 4.78 is 0. The second-order valence-electron chi connectivity index (χ2n) is 7.40. The molecule has 0 unspecified atom stereocenters. The Hall–Kier alpha value is -2.70. The molecule has 1 aliphatic heterocycles. The van der Waals surface area contributed by atoms with E-state index in [-0.39, 0.29) is 0 Å². The van der Waals surface area contributed by atoms with E-state index in [9.17, 15) is 9.90 Å². The van der Waals surface area contributed by atoms with Crippen LogP contribution in [0.25, 0.3) is 10.9 Å². The van der Waals surface area contributed by atoms with Crippen LogP contribution in [0, 0.1) is 6.92 Å². The highest BCUT2D eigenvalue weighted by atomic mass is 16.4. The minimum Gasteiger partial charge on any atom is -0.480 e. The number of carboxylic acid groups (broad SMARTS) is 1. The highest BCUT2D eigenvalue weighted by molar-refractivity contribution is 5.90. The molecule has 0 radical (unpaired) electrons. The topological polar surface area (TPSA) is 72.5 Å². The number of nitrogens with one attached hydrogen (secondary N) is 1. The van der Waals surface area contributed by atoms with Crippen LogP contribution in [0.4, 0.5) is 0 Å². The van der Waals surface area contributed by atoms with E-state index in [0.717, 1.165) is 67.0 Å². The maximum Gasteiger partial charge on any atom is 0.325 e. The highest BCUT2D eigenvalue weighted by Gasteiger charge is 2.33. The first-order valence-electron chi connectivity index (χ1n) is 9.80. The number of rotatable bonds is 6. The molecular formula is C22H26N4O2. The minimum atomic E-state index is -0.783. The van der Waals surface area contributed by atoms with E-state index >= 15 is 0 Å². The molecule has 0 amide bonds. The zero-order valence-corrected chi connectivity index (χ0v) is 16.1. The summed E-state index contributed by atoms with van der Waals surface area (Å²) in [4.78, 5) is 24.4. The number of para-hydroxylation sites is 1. The van der Waals surface area contributed by atoms with Crippen molar-refractivity contribution in [3.05, 3.63) is 65.6 Å². The van der Waals surface area contributed by atoms with Gasteiger partial charge in [0.25, 0.3) is 0 Å². The maximum absolute atomic E-state index is 12.2. The van der Waals surface area contributed by atoms with Crippen molar-refractivity contribution in [1.29, 1.82) is 0 Å². The quantitative estimate of drug-likeness (QED) is 0.690. The van der Waals surface area contributed by atoms with Gasteiger partial charge in [-0.25, -0.2) is 0 Å². The number of aromatic amines is 1. The third-order valence-electron chi connectivity index (χ3n) is 5.63. The van der Waals surface area contributed by atoms with Gasteiger partial charge in [-0.3, -0.25) is 14.7 Å². The number of aromatic nitrogens is 2. The van der Waals surface area contributed by atoms with Gasteiger partial charge in [0.2, 0.25) is 0 Å². The van der Waals surface area contributed by atoms with Crippen LogP contribution in [-0.4, -0.2) is 63.6 Å². The summed E-state index contributed by atoms with van der Waals surface area (Å²) >= 11 is 0. The van der Waals surface area contributed by atoms with E-state index < -0.39 is 12.0 Å². The molecule has 6 heteroatoms. The Morgan fingerprint density at radius 2 is 1.89 bits per heavy atom. The molecule has 6 nitrogen and oxygen atoms in total. The zero-order valence-electron chi connectivity index (χ0n) is 16.1. The van der Waals surface area contributed by atoms with Gasteiger partial charge in [-0.2, -0.15) is 0 Å². The number of carbonyl (C=O) groups is 1. The zero-order chi connectivity index (χ0) is 19.5. The van der Waals surface area contributed by atoms with Crippen LogP contribution in [0.5, 0.6) is 0 Å². The van der Waals surface area contributed by atoms with Crippen LogP contribution in [0.15, 0.2) is 48.7 Å². The molecule has 1 fully saturated rings. The van der Waals surface area contributed by atoms with Crippen LogP contribution in [0.1, 0.15) is 23.0 Å². The van der Waals surface area contributed by atoms with Crippen molar-refractivity contribution >= 4 is 16.9 Å². The summed E-state index contributed by atoms with van der Waals surface area (Å²) in [5.41, 5.74) is 3.93. The third kappa shape index (κ3) is 3.79. The van der Waals surface area contributed by atoms with Crippen LogP contribution in [0.3, 0.4) is 0 Å². The van der Waals surface area contributed by atoms with Gasteiger partial charge in [-0.05, 0) is 25.1 Å². The van der Waals surface area contributed by atoms with Crippen molar-refractivity contribution in [3.63, 3.8) is 0 Å². The Bertz CT molecular complexity index is 946. The number of nitrogens with zero attached hydrogens (tertiary/aromatic N) is 3. The van der Waals surface area contributed by atoms with Crippen LogP contribution in [-0.2, 0) is 11.2 Å². The lowest BCUT2D eigenvalue weighted by molar-refractivity contribution is -0.144. The van der Waals surface area contributed by atoms with Gasteiger partial charge in [0.05, 0.1) is 0 Å². The summed E-state index contributed by atoms with van der Waals surface area (Å²) in [6.45, 7) is 6.16. The van der Waals surface area contributed by atoms with Crippen LogP contribution in [0.2, 0.25) is 0 Å². The average molecular weight is 378 g/mol. The normalized spacial score (nSPS) is 17.0. The van der Waals surface area contributed by atoms with Crippen molar-refractivity contribution in [1.82, 2.24) is 19.8 Å². The lowest BCUT2D eigenvalue weighted by Crippen LogP contribution is -2.49. The van der Waals surface area contributed by atoms with Crippen molar-refractivity contribution in [2.24, 2.45) is 0 Å². The molecule has 3 heterocycles. The predicted octanol–water partition coefficient (Wildman–Crippen LogP) is 2.86. The number of fused-ring (bicyclic) bond motifs is 1. The third-order valence-corrected chi connectivity index (χ3v) is 5.63. The van der Waals surface area contributed by atoms with Gasteiger partial charge >= 0.3 is 5.97 Å². The smallest absolute Gasteiger partial charge is 0.325 e. The molecule has 2 aromatic heterocycles. The summed E-state index contributed by atoms with van der Waals surface area (Å²) in [7, 11) is 0. The van der Waals surface area contributed by atoms with E-state index in [1.807, 2.05) is 49.5 Å². The molecule has 3 aromatic rings. The maximum atomic E-state index is 12.2. The molecule has 28 heavy (non-hydrogen) atoms. The summed E-state index contributed by atoms with van der Waals surface area (Å²) in [6, 6.07) is 13.3. The Balaban J connectivity index is 1.45. The minimum absolute atomic E-state index is 0.617. The fraction of sp³-hybridized carbons (Fsp3) is 0.364. The molecular weight excluding hydrogens is 352 g/mol. The largest absolute Gasteiger partial charge is 0.480 e. The molecule has 1 atom stereocenters. The SMILES string of the molecule is Cc1[nH]c2ccccc2c1[C@@H](C(=O)O)N1CCN(CCc2ccccn2)CC1. The number of aliphatic carboxylic acids is 1. The number of H-pyrrole nitrogens is 1. The first kappa shape index (κ1) is 18.7. The van der Waals surface area contributed by atoms with Gasteiger partial charge < -0.3 is 15.0 Å². The van der Waals surface area contributed by atoms with Crippen molar-refractivity contribution in [3.8, 4) is 0 Å². The molecule has 2 N–H and O–H groups in total. The number of carboxylic acids is 1. The first-order valence-corrected chi connectivity index (χ1v) is 9.80. The number of benzene rings is 1. The molecule has 0 spiro atoms. The van der Waals surface area contributed by atoms with E-state index in [0.29, 0.717) is 0 Å². The van der Waals surface area contributed by atoms with E-state index in [1.54, 1.807) is 0 Å². The Labute approximate surface area is 164 Å². The molecule has 0 aliphatic carbocycles. The second-order valence-corrected chi connectivity index (χ2v) is 7.40. The lowest BCUT2D eigenvalue weighted by Gasteiger charge is -2.38. The van der Waals surface area contributed by atoms with Gasteiger partial charge in [0.1, 0.15) is 6.04 Å².